The van der Waals surface area contributed by atoms with E-state index < -0.39 is 11.4 Å². The molecule has 138 valence electrons. The predicted molar refractivity (Wildman–Crippen MR) is 103 cm³/mol. The van der Waals surface area contributed by atoms with E-state index in [-0.39, 0.29) is 5.82 Å². The number of aromatic nitrogens is 3. The number of pyridine rings is 3. The molecule has 0 unspecified atom stereocenters. The Morgan fingerprint density at radius 3 is 1.82 bits per heavy atom. The van der Waals surface area contributed by atoms with Gasteiger partial charge >= 0.3 is 0 Å². The van der Waals surface area contributed by atoms with Crippen molar-refractivity contribution in [2.24, 2.45) is 0 Å². The maximum absolute atomic E-state index is 13.7. The lowest BCUT2D eigenvalue weighted by Crippen LogP contribution is -2.32. The third kappa shape index (κ3) is 3.39. The maximum Gasteiger partial charge on any atom is 0.212 e. The zero-order valence-corrected chi connectivity index (χ0v) is 15.0. The third-order valence-electron chi connectivity index (χ3n) is 4.90. The van der Waals surface area contributed by atoms with E-state index >= 15 is 0 Å². The Hall–Kier alpha value is -3.47. The fourth-order valence-corrected chi connectivity index (χ4v) is 3.59. The van der Waals surface area contributed by atoms with Gasteiger partial charge in [0.05, 0.1) is 5.41 Å². The van der Waals surface area contributed by atoms with Gasteiger partial charge in [-0.1, -0.05) is 30.3 Å². The predicted octanol–water partition coefficient (Wildman–Crippen LogP) is 4.73. The largest absolute Gasteiger partial charge is 0.264 e. The molecule has 0 atom stereocenters. The minimum atomic E-state index is -0.685. The van der Waals surface area contributed by atoms with Crippen LogP contribution in [-0.4, -0.2) is 15.0 Å². The first-order chi connectivity index (χ1) is 13.7. The molecule has 3 heterocycles. The first-order valence-corrected chi connectivity index (χ1v) is 8.86. The van der Waals surface area contributed by atoms with E-state index in [0.717, 1.165) is 22.3 Å². The van der Waals surface area contributed by atoms with Crippen LogP contribution in [0.15, 0.2) is 91.6 Å². The van der Waals surface area contributed by atoms with Gasteiger partial charge in [0.2, 0.25) is 5.95 Å². The minimum Gasteiger partial charge on any atom is -0.264 e. The quantitative estimate of drug-likeness (QED) is 0.475. The summed E-state index contributed by atoms with van der Waals surface area (Å²) in [6.07, 6.45) is 9.04. The summed E-state index contributed by atoms with van der Waals surface area (Å²) in [4.78, 5) is 12.4. The normalized spacial score (nSPS) is 11.4. The second-order valence-electron chi connectivity index (χ2n) is 6.56. The molecule has 0 aliphatic heterocycles. The van der Waals surface area contributed by atoms with E-state index in [1.54, 1.807) is 43.0 Å². The molecule has 3 nitrogen and oxygen atoms in total. The molecule has 0 fully saturated rings. The summed E-state index contributed by atoms with van der Waals surface area (Å²) in [6, 6.07) is 17.2. The molecule has 0 saturated heterocycles. The minimum absolute atomic E-state index is 0.307. The molecule has 0 saturated carbocycles. The van der Waals surface area contributed by atoms with Crippen molar-refractivity contribution in [1.29, 1.82) is 0 Å². The molecular formula is C23H17F2N3. The van der Waals surface area contributed by atoms with Crippen LogP contribution in [0, 0.1) is 11.8 Å². The number of rotatable bonds is 5. The topological polar surface area (TPSA) is 38.7 Å². The fraction of sp³-hybridized carbons (Fsp3) is 0.0870. The number of nitrogens with zero attached hydrogens (tertiary/aromatic N) is 3. The van der Waals surface area contributed by atoms with Gasteiger partial charge in [-0.05, 0) is 59.0 Å². The van der Waals surface area contributed by atoms with Crippen LogP contribution in [0.1, 0.15) is 22.3 Å². The maximum atomic E-state index is 13.7. The van der Waals surface area contributed by atoms with Gasteiger partial charge in [-0.3, -0.25) is 9.97 Å². The van der Waals surface area contributed by atoms with Crippen molar-refractivity contribution in [2.45, 2.75) is 11.8 Å². The van der Waals surface area contributed by atoms with Crippen LogP contribution in [0.25, 0.3) is 0 Å². The van der Waals surface area contributed by atoms with Crippen LogP contribution in [-0.2, 0) is 11.8 Å². The highest BCUT2D eigenvalue weighted by atomic mass is 19.1. The molecule has 0 bridgehead atoms. The van der Waals surface area contributed by atoms with Gasteiger partial charge in [-0.2, -0.15) is 4.39 Å². The summed E-state index contributed by atoms with van der Waals surface area (Å²) in [5.74, 6) is -0.836. The van der Waals surface area contributed by atoms with Crippen molar-refractivity contribution >= 4 is 0 Å². The summed E-state index contributed by atoms with van der Waals surface area (Å²) < 4.78 is 27.0. The molecule has 0 N–H and O–H groups in total. The SMILES string of the molecule is Fc1ccc(C(Cc2ccc(F)nc2)(c2cccnc2)c2cccnc2)cc1. The molecule has 3 aromatic heterocycles. The summed E-state index contributed by atoms with van der Waals surface area (Å²) >= 11 is 0. The van der Waals surface area contributed by atoms with Gasteiger partial charge in [-0.25, -0.2) is 9.37 Å². The van der Waals surface area contributed by atoms with Gasteiger partial charge in [0.15, 0.2) is 0 Å². The van der Waals surface area contributed by atoms with Crippen molar-refractivity contribution in [1.82, 2.24) is 15.0 Å². The highest BCUT2D eigenvalue weighted by Gasteiger charge is 2.37. The van der Waals surface area contributed by atoms with Gasteiger partial charge in [0.1, 0.15) is 5.82 Å². The van der Waals surface area contributed by atoms with E-state index in [1.165, 1.54) is 24.4 Å². The average Bonchev–Trinajstić information content (AvgIpc) is 2.75. The highest BCUT2D eigenvalue weighted by molar-refractivity contribution is 5.50. The molecule has 1 aromatic carbocycles. The Kier molecular flexibility index (Phi) is 4.89. The zero-order chi connectivity index (χ0) is 19.4. The lowest BCUT2D eigenvalue weighted by molar-refractivity contribution is 0.572. The Bertz CT molecular complexity index is 995. The molecule has 0 aliphatic carbocycles. The molecule has 0 aliphatic rings. The monoisotopic (exact) mass is 373 g/mol. The molecule has 0 spiro atoms. The summed E-state index contributed by atoms with van der Waals surface area (Å²) in [7, 11) is 0. The fourth-order valence-electron chi connectivity index (χ4n) is 3.59. The van der Waals surface area contributed by atoms with Crippen molar-refractivity contribution < 1.29 is 8.78 Å². The molecular weight excluding hydrogens is 356 g/mol. The smallest absolute Gasteiger partial charge is 0.212 e. The number of benzene rings is 1. The molecule has 4 aromatic rings. The number of hydrogen-bond donors (Lipinski definition) is 0. The second kappa shape index (κ2) is 7.64. The Morgan fingerprint density at radius 1 is 0.679 bits per heavy atom. The lowest BCUT2D eigenvalue weighted by Gasteiger charge is -2.35. The van der Waals surface area contributed by atoms with Crippen LogP contribution in [0.5, 0.6) is 0 Å². The second-order valence-corrected chi connectivity index (χ2v) is 6.56. The van der Waals surface area contributed by atoms with Crippen molar-refractivity contribution in [3.05, 3.63) is 126 Å². The van der Waals surface area contributed by atoms with Crippen LogP contribution in [0.4, 0.5) is 8.78 Å². The Morgan fingerprint density at radius 2 is 1.32 bits per heavy atom. The van der Waals surface area contributed by atoms with Gasteiger partial charge in [0.25, 0.3) is 0 Å². The van der Waals surface area contributed by atoms with E-state index in [2.05, 4.69) is 15.0 Å². The van der Waals surface area contributed by atoms with Crippen molar-refractivity contribution in [2.75, 3.05) is 0 Å². The molecule has 4 rings (SSSR count). The first kappa shape index (κ1) is 17.9. The zero-order valence-electron chi connectivity index (χ0n) is 15.0. The van der Waals surface area contributed by atoms with E-state index in [9.17, 15) is 8.78 Å². The molecule has 5 heteroatoms. The van der Waals surface area contributed by atoms with Gasteiger partial charge in [0, 0.05) is 31.0 Å². The van der Waals surface area contributed by atoms with E-state index in [1.807, 2.05) is 24.3 Å². The molecule has 28 heavy (non-hydrogen) atoms. The number of halogens is 2. The van der Waals surface area contributed by atoms with E-state index in [4.69, 9.17) is 0 Å². The molecule has 0 amide bonds. The standard InChI is InChI=1S/C23H17F2N3/c24-21-8-6-18(7-9-21)23(19-3-1-11-26-15-19,20-4-2-12-27-16-20)13-17-5-10-22(25)28-14-17/h1-12,14-16H,13H2. The van der Waals surface area contributed by atoms with Crippen LogP contribution >= 0.6 is 0 Å². The van der Waals surface area contributed by atoms with Crippen molar-refractivity contribution in [3.63, 3.8) is 0 Å². The van der Waals surface area contributed by atoms with Gasteiger partial charge < -0.3 is 0 Å². The molecule has 0 radical (unpaired) electrons. The van der Waals surface area contributed by atoms with Crippen molar-refractivity contribution in [3.8, 4) is 0 Å². The lowest BCUT2D eigenvalue weighted by atomic mass is 9.67. The third-order valence-corrected chi connectivity index (χ3v) is 4.90. The van der Waals surface area contributed by atoms with E-state index in [0.29, 0.717) is 6.42 Å². The van der Waals surface area contributed by atoms with Crippen LogP contribution in [0.2, 0.25) is 0 Å². The van der Waals surface area contributed by atoms with Crippen LogP contribution in [0.3, 0.4) is 0 Å². The summed E-state index contributed by atoms with van der Waals surface area (Å²) in [5.41, 5.74) is 2.91. The summed E-state index contributed by atoms with van der Waals surface area (Å²) in [5, 5.41) is 0. The number of hydrogen-bond acceptors (Lipinski definition) is 3. The average molecular weight is 373 g/mol. The summed E-state index contributed by atoms with van der Waals surface area (Å²) in [6.45, 7) is 0. The Balaban J connectivity index is 1.99. The van der Waals surface area contributed by atoms with Crippen LogP contribution < -0.4 is 0 Å². The Labute approximate surface area is 161 Å². The van der Waals surface area contributed by atoms with Gasteiger partial charge in [-0.15, -0.1) is 0 Å². The first-order valence-electron chi connectivity index (χ1n) is 8.86. The highest BCUT2D eigenvalue weighted by Crippen LogP contribution is 2.41.